The Morgan fingerprint density at radius 1 is 1.27 bits per heavy atom. The summed E-state index contributed by atoms with van der Waals surface area (Å²) in [5, 5.41) is 11.9. The Bertz CT molecular complexity index is 921. The van der Waals surface area contributed by atoms with Crippen LogP contribution in [0.4, 0.5) is 0 Å². The molecule has 2 aliphatic rings. The highest BCUT2D eigenvalue weighted by molar-refractivity contribution is 7.13. The van der Waals surface area contributed by atoms with Crippen molar-refractivity contribution in [2.75, 3.05) is 26.2 Å². The number of hydrogen-bond donors (Lipinski definition) is 1. The van der Waals surface area contributed by atoms with Crippen molar-refractivity contribution in [3.63, 3.8) is 0 Å². The lowest BCUT2D eigenvalue weighted by Gasteiger charge is -2.41. The number of rotatable bonds is 7. The molecule has 0 amide bonds. The summed E-state index contributed by atoms with van der Waals surface area (Å²) in [7, 11) is 0. The summed E-state index contributed by atoms with van der Waals surface area (Å²) in [5.74, 6) is 0.148. The topological polar surface area (TPSA) is 43.8 Å². The predicted octanol–water partition coefficient (Wildman–Crippen LogP) is 6.16. The standard InChI is InChI=1S/C23H26Cl2N2O2S/c1-3-6-17(20(29)4-2)23(21-10-9-16(15-28)30-21)27-13-11-26(12-14-27)19-8-5-7-18(24)22(19)25/h3-4,6,8-10,15,23,29H,2,5,7,11-14H2,1H3/b6-3-,20-17-. The van der Waals surface area contributed by atoms with E-state index in [1.54, 1.807) is 0 Å². The van der Waals surface area contributed by atoms with Crippen LogP contribution < -0.4 is 0 Å². The molecular weight excluding hydrogens is 439 g/mol. The predicted molar refractivity (Wildman–Crippen MR) is 126 cm³/mol. The van der Waals surface area contributed by atoms with Crippen LogP contribution in [0.5, 0.6) is 0 Å². The molecule has 7 heteroatoms. The number of aliphatic hydroxyl groups is 1. The minimum absolute atomic E-state index is 0.148. The molecule has 160 valence electrons. The number of nitrogens with zero attached hydrogens (tertiary/aromatic N) is 2. The number of aldehydes is 1. The molecule has 1 aromatic heterocycles. The van der Waals surface area contributed by atoms with Crippen molar-refractivity contribution in [1.29, 1.82) is 0 Å². The van der Waals surface area contributed by atoms with Gasteiger partial charge in [0.05, 0.1) is 21.6 Å². The van der Waals surface area contributed by atoms with E-state index >= 15 is 0 Å². The smallest absolute Gasteiger partial charge is 0.160 e. The zero-order valence-corrected chi connectivity index (χ0v) is 19.3. The molecule has 1 saturated heterocycles. The average molecular weight is 465 g/mol. The molecule has 3 rings (SSSR count). The fraction of sp³-hybridized carbons (Fsp3) is 0.348. The molecule has 0 saturated carbocycles. The average Bonchev–Trinajstić information content (AvgIpc) is 3.24. The normalized spacial score (nSPS) is 20.2. The number of carbonyl (C=O) groups is 1. The van der Waals surface area contributed by atoms with Crippen LogP contribution in [0.3, 0.4) is 0 Å². The second-order valence-electron chi connectivity index (χ2n) is 7.18. The van der Waals surface area contributed by atoms with E-state index in [0.717, 1.165) is 66.5 Å². The van der Waals surface area contributed by atoms with Crippen LogP contribution in [-0.4, -0.2) is 47.4 Å². The molecule has 1 atom stereocenters. The molecule has 1 aliphatic carbocycles. The van der Waals surface area contributed by atoms with Gasteiger partial charge in [-0.05, 0) is 38.0 Å². The maximum absolute atomic E-state index is 11.2. The fourth-order valence-corrected chi connectivity index (χ4v) is 5.36. The third kappa shape index (κ3) is 4.92. The van der Waals surface area contributed by atoms with E-state index in [1.165, 1.54) is 17.4 Å². The Morgan fingerprint density at radius 3 is 2.60 bits per heavy atom. The van der Waals surface area contributed by atoms with Gasteiger partial charge < -0.3 is 10.0 Å². The summed E-state index contributed by atoms with van der Waals surface area (Å²) < 4.78 is 0. The highest BCUT2D eigenvalue weighted by atomic mass is 35.5. The Balaban J connectivity index is 1.88. The first-order valence-corrected chi connectivity index (χ1v) is 11.5. The number of aliphatic hydroxyl groups excluding tert-OH is 1. The first-order valence-electron chi connectivity index (χ1n) is 9.97. The molecule has 0 spiro atoms. The quantitative estimate of drug-likeness (QED) is 0.298. The van der Waals surface area contributed by atoms with E-state index < -0.39 is 0 Å². The summed E-state index contributed by atoms with van der Waals surface area (Å²) in [5.41, 5.74) is 1.79. The molecule has 0 radical (unpaired) electrons. The van der Waals surface area contributed by atoms with Gasteiger partial charge in [-0.15, -0.1) is 11.3 Å². The van der Waals surface area contributed by atoms with Gasteiger partial charge in [0.1, 0.15) is 5.76 Å². The number of thiophene rings is 1. The third-order valence-corrected chi connectivity index (χ3v) is 7.31. The van der Waals surface area contributed by atoms with Crippen molar-refractivity contribution in [2.45, 2.75) is 25.8 Å². The van der Waals surface area contributed by atoms with Gasteiger partial charge in [-0.1, -0.05) is 48.0 Å². The van der Waals surface area contributed by atoms with Crippen molar-refractivity contribution in [2.24, 2.45) is 0 Å². The van der Waals surface area contributed by atoms with Crippen molar-refractivity contribution in [3.05, 3.63) is 79.9 Å². The first kappa shape index (κ1) is 22.9. The van der Waals surface area contributed by atoms with Gasteiger partial charge in [0.25, 0.3) is 0 Å². The summed E-state index contributed by atoms with van der Waals surface area (Å²) in [6.07, 6.45) is 10.0. The zero-order chi connectivity index (χ0) is 21.7. The molecule has 30 heavy (non-hydrogen) atoms. The summed E-state index contributed by atoms with van der Waals surface area (Å²) in [6.45, 7) is 8.81. The number of allylic oxidation sites excluding steroid dienone is 5. The van der Waals surface area contributed by atoms with Crippen LogP contribution >= 0.6 is 34.5 Å². The summed E-state index contributed by atoms with van der Waals surface area (Å²) in [6, 6.07) is 3.64. The Kier molecular flexibility index (Phi) is 8.00. The molecule has 4 nitrogen and oxygen atoms in total. The van der Waals surface area contributed by atoms with Crippen molar-refractivity contribution >= 4 is 40.8 Å². The number of piperazine rings is 1. The first-order chi connectivity index (χ1) is 14.5. The van der Waals surface area contributed by atoms with Gasteiger partial charge >= 0.3 is 0 Å². The molecular formula is C23H26Cl2N2O2S. The molecule has 0 bridgehead atoms. The Morgan fingerprint density at radius 2 is 2.00 bits per heavy atom. The van der Waals surface area contributed by atoms with Crippen LogP contribution in [0.2, 0.25) is 0 Å². The summed E-state index contributed by atoms with van der Waals surface area (Å²) >= 11 is 14.2. The second-order valence-corrected chi connectivity index (χ2v) is 9.16. The molecule has 0 aromatic carbocycles. The van der Waals surface area contributed by atoms with Crippen molar-refractivity contribution in [3.8, 4) is 0 Å². The molecule has 1 fully saturated rings. The maximum atomic E-state index is 11.2. The Hall–Kier alpha value is -1.79. The third-order valence-electron chi connectivity index (χ3n) is 5.35. The minimum atomic E-state index is -0.157. The van der Waals surface area contributed by atoms with E-state index in [4.69, 9.17) is 23.2 Å². The monoisotopic (exact) mass is 464 g/mol. The lowest BCUT2D eigenvalue weighted by atomic mass is 10.00. The van der Waals surface area contributed by atoms with E-state index in [0.29, 0.717) is 9.91 Å². The van der Waals surface area contributed by atoms with Crippen LogP contribution in [0, 0.1) is 0 Å². The molecule has 1 aliphatic heterocycles. The fourth-order valence-electron chi connectivity index (χ4n) is 3.89. The highest BCUT2D eigenvalue weighted by Crippen LogP contribution is 2.38. The number of halogens is 2. The molecule has 2 heterocycles. The van der Waals surface area contributed by atoms with Gasteiger partial charge in [-0.2, -0.15) is 0 Å². The van der Waals surface area contributed by atoms with E-state index in [2.05, 4.69) is 22.5 Å². The van der Waals surface area contributed by atoms with Gasteiger partial charge in [0.2, 0.25) is 0 Å². The number of carbonyl (C=O) groups excluding carboxylic acids is 1. The van der Waals surface area contributed by atoms with E-state index in [9.17, 15) is 9.90 Å². The minimum Gasteiger partial charge on any atom is -0.508 e. The van der Waals surface area contributed by atoms with Gasteiger partial charge in [-0.25, -0.2) is 0 Å². The van der Waals surface area contributed by atoms with Crippen LogP contribution in [0.15, 0.2) is 70.1 Å². The zero-order valence-electron chi connectivity index (χ0n) is 17.0. The summed E-state index contributed by atoms with van der Waals surface area (Å²) in [4.78, 5) is 17.5. The molecule has 1 aromatic rings. The van der Waals surface area contributed by atoms with Crippen LogP contribution in [-0.2, 0) is 0 Å². The van der Waals surface area contributed by atoms with Crippen LogP contribution in [0.25, 0.3) is 0 Å². The van der Waals surface area contributed by atoms with Gasteiger partial charge in [0, 0.05) is 41.7 Å². The highest BCUT2D eigenvalue weighted by Gasteiger charge is 2.31. The van der Waals surface area contributed by atoms with E-state index in [1.807, 2.05) is 31.2 Å². The lowest BCUT2D eigenvalue weighted by molar-refractivity contribution is 0.112. The van der Waals surface area contributed by atoms with Crippen LogP contribution in [0.1, 0.15) is 40.4 Å². The van der Waals surface area contributed by atoms with Crippen molar-refractivity contribution < 1.29 is 9.90 Å². The van der Waals surface area contributed by atoms with E-state index in [-0.39, 0.29) is 11.8 Å². The molecule has 1 unspecified atom stereocenters. The second kappa shape index (κ2) is 10.5. The number of hydrogen-bond acceptors (Lipinski definition) is 5. The Labute approximate surface area is 192 Å². The van der Waals surface area contributed by atoms with Gasteiger partial charge in [-0.3, -0.25) is 9.69 Å². The molecule has 1 N–H and O–H groups in total. The maximum Gasteiger partial charge on any atom is 0.160 e. The SMILES string of the molecule is C=C/C(O)=C(\C=C/C)C(c1ccc(C=O)s1)N1CCN(C2=CCCC(Cl)=C2Cl)CC1. The van der Waals surface area contributed by atoms with Gasteiger partial charge in [0.15, 0.2) is 6.29 Å². The van der Waals surface area contributed by atoms with Crippen molar-refractivity contribution in [1.82, 2.24) is 9.80 Å². The lowest BCUT2D eigenvalue weighted by Crippen LogP contribution is -2.47. The largest absolute Gasteiger partial charge is 0.508 e.